The highest BCUT2D eigenvalue weighted by Gasteiger charge is 2.30. The molecule has 0 aliphatic carbocycles. The molecule has 2 aromatic rings. The SMILES string of the molecule is C=CCCCC(=O)N[C@H](C(=O)C[C@@H](CC=C)C(=O)Nc1ccc(CO)cc1)C(C)C.C=CCCCC(=O)N[C@H](C(=O)C[C@@H](CC=C)C(=O)Nc1ccc(COC(C)=O)cc1)C(C)C. The van der Waals surface area contributed by atoms with Crippen LogP contribution in [-0.4, -0.2) is 58.4 Å². The average Bonchev–Trinajstić information content (AvgIpc) is 3.24. The predicted octanol–water partition coefficient (Wildman–Crippen LogP) is 8.10. The Labute approximate surface area is 374 Å². The van der Waals surface area contributed by atoms with E-state index in [1.54, 1.807) is 72.8 Å². The number of ether oxygens (including phenoxy) is 1. The zero-order chi connectivity index (χ0) is 47.3. The van der Waals surface area contributed by atoms with Crippen molar-refractivity contribution in [1.29, 1.82) is 0 Å². The van der Waals surface area contributed by atoms with Crippen molar-refractivity contribution in [2.45, 2.75) is 124 Å². The summed E-state index contributed by atoms with van der Waals surface area (Å²) in [6, 6.07) is 12.5. The summed E-state index contributed by atoms with van der Waals surface area (Å²) in [6.07, 6.45) is 10.9. The number of aliphatic hydroxyl groups excluding tert-OH is 1. The highest BCUT2D eigenvalue weighted by molar-refractivity contribution is 5.98. The second kappa shape index (κ2) is 31.0. The Bertz CT molecular complexity index is 1820. The molecule has 2 rings (SSSR count). The maximum absolute atomic E-state index is 13.0. The number of amides is 4. The molecule has 2 aromatic carbocycles. The molecule has 0 aliphatic rings. The summed E-state index contributed by atoms with van der Waals surface area (Å²) in [5, 5.41) is 20.4. The van der Waals surface area contributed by atoms with E-state index in [0.29, 0.717) is 49.9 Å². The third kappa shape index (κ3) is 22.6. The largest absolute Gasteiger partial charge is 0.461 e. The Morgan fingerprint density at radius 2 is 0.984 bits per heavy atom. The first kappa shape index (κ1) is 55.1. The zero-order valence-electron chi connectivity index (χ0n) is 37.9. The smallest absolute Gasteiger partial charge is 0.302 e. The maximum Gasteiger partial charge on any atom is 0.302 e. The molecule has 0 spiro atoms. The average molecular weight is 871 g/mol. The lowest BCUT2D eigenvalue weighted by molar-refractivity contribution is -0.142. The molecule has 13 nitrogen and oxygen atoms in total. The van der Waals surface area contributed by atoms with E-state index in [1.165, 1.54) is 6.92 Å². The number of carbonyl (C=O) groups is 7. The summed E-state index contributed by atoms with van der Waals surface area (Å²) in [6.45, 7) is 23.6. The van der Waals surface area contributed by atoms with E-state index in [-0.39, 0.29) is 79.1 Å². The van der Waals surface area contributed by atoms with Crippen molar-refractivity contribution in [3.63, 3.8) is 0 Å². The summed E-state index contributed by atoms with van der Waals surface area (Å²) in [5.74, 6) is -2.99. The first-order valence-corrected chi connectivity index (χ1v) is 21.6. The minimum Gasteiger partial charge on any atom is -0.461 e. The lowest BCUT2D eigenvalue weighted by atomic mass is 9.90. The number of benzene rings is 2. The number of hydrogen-bond donors (Lipinski definition) is 5. The molecule has 5 N–H and O–H groups in total. The highest BCUT2D eigenvalue weighted by Crippen LogP contribution is 2.20. The summed E-state index contributed by atoms with van der Waals surface area (Å²) >= 11 is 0. The van der Waals surface area contributed by atoms with E-state index in [0.717, 1.165) is 24.0 Å². The van der Waals surface area contributed by atoms with Crippen LogP contribution in [0.2, 0.25) is 0 Å². The topological polar surface area (TPSA) is 197 Å². The number of carbonyl (C=O) groups excluding carboxylic acids is 7. The van der Waals surface area contributed by atoms with Gasteiger partial charge in [0.25, 0.3) is 0 Å². The summed E-state index contributed by atoms with van der Waals surface area (Å²) in [4.78, 5) is 86.8. The second-order valence-corrected chi connectivity index (χ2v) is 16.0. The number of Topliss-reactive ketones (excluding diaryl/α,β-unsaturated/α-hetero) is 2. The van der Waals surface area contributed by atoms with Crippen molar-refractivity contribution < 1.29 is 43.4 Å². The van der Waals surface area contributed by atoms with E-state index in [4.69, 9.17) is 9.84 Å². The van der Waals surface area contributed by atoms with Gasteiger partial charge in [-0.3, -0.25) is 33.6 Å². The van der Waals surface area contributed by atoms with Crippen molar-refractivity contribution >= 4 is 52.5 Å². The van der Waals surface area contributed by atoms with Crippen molar-refractivity contribution in [2.75, 3.05) is 10.6 Å². The molecule has 0 aromatic heterocycles. The van der Waals surface area contributed by atoms with Crippen LogP contribution in [0, 0.1) is 23.7 Å². The molecule has 4 atom stereocenters. The third-order valence-electron chi connectivity index (χ3n) is 9.89. The van der Waals surface area contributed by atoms with Gasteiger partial charge in [-0.05, 0) is 85.8 Å². The molecule has 0 fully saturated rings. The fourth-order valence-corrected chi connectivity index (χ4v) is 6.30. The number of anilines is 2. The summed E-state index contributed by atoms with van der Waals surface area (Å²) in [5.41, 5.74) is 2.71. The minimum absolute atomic E-state index is 0.00181. The van der Waals surface area contributed by atoms with Gasteiger partial charge in [0.05, 0.1) is 18.7 Å². The second-order valence-electron chi connectivity index (χ2n) is 16.0. The number of nitrogens with one attached hydrogen (secondary N) is 4. The molecule has 0 radical (unpaired) electrons. The van der Waals surface area contributed by atoms with Crippen LogP contribution in [0.3, 0.4) is 0 Å². The molecular weight excluding hydrogens is 801 g/mol. The van der Waals surface area contributed by atoms with Crippen LogP contribution in [0.15, 0.2) is 99.2 Å². The first-order chi connectivity index (χ1) is 30.0. The molecule has 13 heteroatoms. The van der Waals surface area contributed by atoms with E-state index in [2.05, 4.69) is 47.6 Å². The van der Waals surface area contributed by atoms with E-state index in [9.17, 15) is 33.6 Å². The van der Waals surface area contributed by atoms with Crippen molar-refractivity contribution in [1.82, 2.24) is 10.6 Å². The normalized spacial score (nSPS) is 12.5. The van der Waals surface area contributed by atoms with Crippen LogP contribution >= 0.6 is 0 Å². The molecule has 4 amide bonds. The molecule has 0 aliphatic heterocycles. The number of rotatable bonds is 29. The number of esters is 1. The maximum atomic E-state index is 13.0. The lowest BCUT2D eigenvalue weighted by Gasteiger charge is -2.23. The molecule has 344 valence electrons. The number of ketones is 2. The zero-order valence-corrected chi connectivity index (χ0v) is 37.9. The van der Waals surface area contributed by atoms with Crippen LogP contribution in [-0.2, 0) is 51.5 Å². The Balaban J connectivity index is 0.000000633. The molecular formula is C50H70N4O9. The number of unbranched alkanes of at least 4 members (excludes halogenated alkanes) is 2. The van der Waals surface area contributed by atoms with Gasteiger partial charge in [0.1, 0.15) is 6.61 Å². The fraction of sp³-hybridized carbons (Fsp3) is 0.460. The van der Waals surface area contributed by atoms with Gasteiger partial charge in [-0.2, -0.15) is 0 Å². The van der Waals surface area contributed by atoms with Crippen molar-refractivity contribution in [3.8, 4) is 0 Å². The van der Waals surface area contributed by atoms with Gasteiger partial charge in [0, 0.05) is 55.8 Å². The predicted molar refractivity (Wildman–Crippen MR) is 249 cm³/mol. The summed E-state index contributed by atoms with van der Waals surface area (Å²) in [7, 11) is 0. The number of allylic oxidation sites excluding steroid dienone is 4. The first-order valence-electron chi connectivity index (χ1n) is 21.6. The van der Waals surface area contributed by atoms with Gasteiger partial charge in [0.2, 0.25) is 23.6 Å². The Hall–Kier alpha value is -5.95. The van der Waals surface area contributed by atoms with E-state index < -0.39 is 23.9 Å². The van der Waals surface area contributed by atoms with E-state index in [1.807, 2.05) is 27.7 Å². The molecule has 63 heavy (non-hydrogen) atoms. The molecule has 0 unspecified atom stereocenters. The summed E-state index contributed by atoms with van der Waals surface area (Å²) < 4.78 is 4.95. The van der Waals surface area contributed by atoms with Crippen molar-refractivity contribution in [3.05, 3.63) is 110 Å². The quantitative estimate of drug-likeness (QED) is 0.0305. The molecule has 0 bridgehead atoms. The van der Waals surface area contributed by atoms with Gasteiger partial charge in [0.15, 0.2) is 11.6 Å². The van der Waals surface area contributed by atoms with Gasteiger partial charge in [-0.15, -0.1) is 26.3 Å². The van der Waals surface area contributed by atoms with Crippen LogP contribution < -0.4 is 21.3 Å². The Kier molecular flexibility index (Phi) is 27.1. The third-order valence-corrected chi connectivity index (χ3v) is 9.89. The highest BCUT2D eigenvalue weighted by atomic mass is 16.5. The van der Waals surface area contributed by atoms with Gasteiger partial charge >= 0.3 is 5.97 Å². The van der Waals surface area contributed by atoms with Gasteiger partial charge in [-0.25, -0.2) is 0 Å². The van der Waals surface area contributed by atoms with Gasteiger partial charge in [-0.1, -0.05) is 76.3 Å². The van der Waals surface area contributed by atoms with Crippen LogP contribution in [0.4, 0.5) is 11.4 Å². The molecule has 0 saturated carbocycles. The standard InChI is InChI=1S/C26H36N2O5.C24H34N2O4/c1-6-8-9-11-24(31)28-25(18(3)4)23(30)16-21(10-7-2)26(32)27-22-14-12-20(13-15-22)17-33-19(5)29;1-5-7-8-10-22(29)26-23(17(3)4)21(28)15-19(9-6-2)24(30)25-20-13-11-18(16-27)12-14-20/h6-7,12-15,18,21,25H,1-2,8-11,16-17H2,3-5H3,(H,27,32)(H,28,31);5-6,11-14,17,19,23,27H,1-2,7-10,15-16H2,3-4H3,(H,25,30)(H,26,29)/t21-,25+;19-,23+/m11/s1. The Morgan fingerprint density at radius 1 is 0.603 bits per heavy atom. The van der Waals surface area contributed by atoms with Gasteiger partial charge < -0.3 is 31.1 Å². The lowest BCUT2D eigenvalue weighted by Crippen LogP contribution is -2.45. The monoisotopic (exact) mass is 871 g/mol. The fourth-order valence-electron chi connectivity index (χ4n) is 6.30. The molecule has 0 heterocycles. The van der Waals surface area contributed by atoms with Crippen LogP contribution in [0.25, 0.3) is 0 Å². The Morgan fingerprint density at radius 3 is 1.30 bits per heavy atom. The van der Waals surface area contributed by atoms with E-state index >= 15 is 0 Å². The van der Waals surface area contributed by atoms with Crippen LogP contribution in [0.1, 0.15) is 110 Å². The molecule has 0 saturated heterocycles. The number of hydrogen-bond acceptors (Lipinski definition) is 9. The van der Waals surface area contributed by atoms with Crippen molar-refractivity contribution in [2.24, 2.45) is 23.7 Å². The van der Waals surface area contributed by atoms with Crippen LogP contribution in [0.5, 0.6) is 0 Å². The number of aliphatic hydroxyl groups is 1. The minimum atomic E-state index is -0.651.